The number of carbonyl (C=O) groups excluding carboxylic acids is 2. The van der Waals surface area contributed by atoms with Crippen LogP contribution in [0.25, 0.3) is 0 Å². The number of hydrogen-bond donors (Lipinski definition) is 1. The highest BCUT2D eigenvalue weighted by Crippen LogP contribution is 2.31. The molecule has 0 aliphatic rings. The quantitative estimate of drug-likeness (QED) is 0.565. The molecular weight excluding hydrogens is 416 g/mol. The van der Waals surface area contributed by atoms with Gasteiger partial charge in [-0.05, 0) is 55.0 Å². The first kappa shape index (κ1) is 26.2. The fourth-order valence-corrected chi connectivity index (χ4v) is 3.45. The first-order valence-electron chi connectivity index (χ1n) is 11.5. The minimum absolute atomic E-state index is 0.0311. The van der Waals surface area contributed by atoms with E-state index in [9.17, 15) is 9.59 Å². The lowest BCUT2D eigenvalue weighted by atomic mass is 9.86. The number of rotatable bonds is 10. The van der Waals surface area contributed by atoms with Gasteiger partial charge in [-0.3, -0.25) is 9.59 Å². The smallest absolute Gasteiger partial charge is 0.261 e. The molecule has 0 aliphatic heterocycles. The Hall–Kier alpha value is -3.02. The van der Waals surface area contributed by atoms with Crippen LogP contribution in [0.5, 0.6) is 11.5 Å². The number of ether oxygens (including phenoxy) is 2. The second-order valence-corrected chi connectivity index (χ2v) is 9.40. The molecule has 0 spiro atoms. The molecule has 0 aromatic heterocycles. The van der Waals surface area contributed by atoms with Gasteiger partial charge in [-0.1, -0.05) is 58.0 Å². The minimum Gasteiger partial charge on any atom is -0.497 e. The van der Waals surface area contributed by atoms with Gasteiger partial charge in [0.1, 0.15) is 17.5 Å². The lowest BCUT2D eigenvalue weighted by Crippen LogP contribution is -2.50. The molecule has 180 valence electrons. The van der Waals surface area contributed by atoms with Crippen LogP contribution in [-0.4, -0.2) is 42.5 Å². The summed E-state index contributed by atoms with van der Waals surface area (Å²) in [5.74, 6) is 0.937. The van der Waals surface area contributed by atoms with Crippen LogP contribution >= 0.6 is 0 Å². The van der Waals surface area contributed by atoms with E-state index >= 15 is 0 Å². The van der Waals surface area contributed by atoms with Gasteiger partial charge in [0.05, 0.1) is 7.11 Å². The van der Waals surface area contributed by atoms with Gasteiger partial charge in [0.25, 0.3) is 5.91 Å². The maximum absolute atomic E-state index is 13.3. The van der Waals surface area contributed by atoms with Crippen LogP contribution in [0.2, 0.25) is 0 Å². The fourth-order valence-electron chi connectivity index (χ4n) is 3.45. The van der Waals surface area contributed by atoms with Crippen LogP contribution < -0.4 is 14.8 Å². The number of benzene rings is 2. The molecule has 6 heteroatoms. The second kappa shape index (κ2) is 11.7. The molecule has 2 aromatic carbocycles. The molecule has 0 unspecified atom stereocenters. The van der Waals surface area contributed by atoms with Crippen LogP contribution in [0.1, 0.15) is 59.1 Å². The number of para-hydroxylation sites is 1. The zero-order valence-electron chi connectivity index (χ0n) is 21.0. The molecule has 6 nitrogen and oxygen atoms in total. The van der Waals surface area contributed by atoms with Crippen molar-refractivity contribution in [1.82, 2.24) is 10.2 Å². The molecule has 0 fully saturated rings. The summed E-state index contributed by atoms with van der Waals surface area (Å²) in [7, 11) is 1.60. The van der Waals surface area contributed by atoms with Crippen molar-refractivity contribution in [1.29, 1.82) is 0 Å². The van der Waals surface area contributed by atoms with Gasteiger partial charge in [0.2, 0.25) is 5.91 Å². The van der Waals surface area contributed by atoms with E-state index in [-0.39, 0.29) is 36.4 Å². The molecule has 0 heterocycles. The predicted octanol–water partition coefficient (Wildman–Crippen LogP) is 4.70. The summed E-state index contributed by atoms with van der Waals surface area (Å²) < 4.78 is 11.3. The Morgan fingerprint density at radius 2 is 1.76 bits per heavy atom. The monoisotopic (exact) mass is 454 g/mol. The molecule has 2 amide bonds. The van der Waals surface area contributed by atoms with Gasteiger partial charge in [0, 0.05) is 12.6 Å². The second-order valence-electron chi connectivity index (χ2n) is 9.40. The van der Waals surface area contributed by atoms with Crippen molar-refractivity contribution in [3.05, 3.63) is 59.7 Å². The van der Waals surface area contributed by atoms with E-state index in [1.165, 1.54) is 0 Å². The van der Waals surface area contributed by atoms with E-state index in [2.05, 4.69) is 26.1 Å². The third kappa shape index (κ3) is 7.52. The van der Waals surface area contributed by atoms with E-state index in [0.29, 0.717) is 11.5 Å². The molecule has 0 aliphatic carbocycles. The minimum atomic E-state index is -0.654. The summed E-state index contributed by atoms with van der Waals surface area (Å²) in [6.07, 6.45) is 0.814. The summed E-state index contributed by atoms with van der Waals surface area (Å²) in [4.78, 5) is 27.7. The predicted molar refractivity (Wildman–Crippen MR) is 132 cm³/mol. The number of nitrogens with one attached hydrogen (secondary N) is 1. The normalized spacial score (nSPS) is 13.1. The zero-order valence-corrected chi connectivity index (χ0v) is 21.0. The number of carbonyl (C=O) groups is 2. The highest BCUT2D eigenvalue weighted by Gasteiger charge is 2.28. The van der Waals surface area contributed by atoms with E-state index in [0.717, 1.165) is 17.5 Å². The third-order valence-corrected chi connectivity index (χ3v) is 5.70. The number of hydrogen-bond acceptors (Lipinski definition) is 4. The van der Waals surface area contributed by atoms with Crippen LogP contribution in [0.15, 0.2) is 48.5 Å². The standard InChI is InChI=1S/C27H38N2O4/c1-8-19(2)28-26(31)20(3)29(17-21-12-11-13-22(16-21)32-7)25(30)18-33-24-15-10-9-14-23(24)27(4,5)6/h9-16,19-20H,8,17-18H2,1-7H3,(H,28,31)/t19-,20-/m0/s1. The van der Waals surface area contributed by atoms with Crippen LogP contribution in [0.4, 0.5) is 0 Å². The van der Waals surface area contributed by atoms with Gasteiger partial charge in [-0.15, -0.1) is 0 Å². The first-order valence-corrected chi connectivity index (χ1v) is 11.5. The Bertz CT molecular complexity index is 936. The van der Waals surface area contributed by atoms with E-state index in [1.54, 1.807) is 18.9 Å². The molecule has 2 aromatic rings. The molecule has 2 atom stereocenters. The van der Waals surface area contributed by atoms with Crippen molar-refractivity contribution in [3.8, 4) is 11.5 Å². The van der Waals surface area contributed by atoms with Crippen molar-refractivity contribution in [2.24, 2.45) is 0 Å². The molecule has 0 bridgehead atoms. The highest BCUT2D eigenvalue weighted by molar-refractivity contribution is 5.88. The molecule has 2 rings (SSSR count). The van der Waals surface area contributed by atoms with Crippen molar-refractivity contribution in [2.45, 2.75) is 72.0 Å². The summed E-state index contributed by atoms with van der Waals surface area (Å²) in [6.45, 7) is 12.1. The van der Waals surface area contributed by atoms with Crippen molar-refractivity contribution >= 4 is 11.8 Å². The molecule has 1 N–H and O–H groups in total. The Labute approximate surface area is 198 Å². The van der Waals surface area contributed by atoms with Crippen molar-refractivity contribution < 1.29 is 19.1 Å². The third-order valence-electron chi connectivity index (χ3n) is 5.70. The largest absolute Gasteiger partial charge is 0.497 e. The Balaban J connectivity index is 2.25. The van der Waals surface area contributed by atoms with Crippen molar-refractivity contribution in [3.63, 3.8) is 0 Å². The Morgan fingerprint density at radius 3 is 2.39 bits per heavy atom. The summed E-state index contributed by atoms with van der Waals surface area (Å²) in [6, 6.07) is 14.6. The molecule has 33 heavy (non-hydrogen) atoms. The first-order chi connectivity index (χ1) is 15.6. The molecular formula is C27H38N2O4. The zero-order chi connectivity index (χ0) is 24.6. The number of nitrogens with zero attached hydrogens (tertiary/aromatic N) is 1. The molecule has 0 saturated carbocycles. The van der Waals surface area contributed by atoms with Crippen LogP contribution in [-0.2, 0) is 21.5 Å². The number of amides is 2. The summed E-state index contributed by atoms with van der Waals surface area (Å²) >= 11 is 0. The highest BCUT2D eigenvalue weighted by atomic mass is 16.5. The Kier molecular flexibility index (Phi) is 9.32. The van der Waals surface area contributed by atoms with E-state index in [1.807, 2.05) is 62.4 Å². The maximum Gasteiger partial charge on any atom is 0.261 e. The van der Waals surface area contributed by atoms with Gasteiger partial charge in [-0.2, -0.15) is 0 Å². The lowest BCUT2D eigenvalue weighted by molar-refractivity contribution is -0.142. The fraction of sp³-hybridized carbons (Fsp3) is 0.481. The molecule has 0 saturated heterocycles. The van der Waals surface area contributed by atoms with Gasteiger partial charge in [-0.25, -0.2) is 0 Å². The van der Waals surface area contributed by atoms with Crippen molar-refractivity contribution in [2.75, 3.05) is 13.7 Å². The van der Waals surface area contributed by atoms with Gasteiger partial charge < -0.3 is 19.7 Å². The average molecular weight is 455 g/mol. The van der Waals surface area contributed by atoms with Gasteiger partial charge in [0.15, 0.2) is 6.61 Å². The number of methoxy groups -OCH3 is 1. The topological polar surface area (TPSA) is 67.9 Å². The van der Waals surface area contributed by atoms with E-state index < -0.39 is 6.04 Å². The van der Waals surface area contributed by atoms with Crippen LogP contribution in [0, 0.1) is 0 Å². The van der Waals surface area contributed by atoms with Crippen LogP contribution in [0.3, 0.4) is 0 Å². The summed E-state index contributed by atoms with van der Waals surface area (Å²) in [5, 5.41) is 2.98. The maximum atomic E-state index is 13.3. The Morgan fingerprint density at radius 1 is 1.06 bits per heavy atom. The molecule has 0 radical (unpaired) electrons. The van der Waals surface area contributed by atoms with E-state index in [4.69, 9.17) is 9.47 Å². The van der Waals surface area contributed by atoms with Gasteiger partial charge >= 0.3 is 0 Å². The average Bonchev–Trinajstić information content (AvgIpc) is 2.80. The lowest BCUT2D eigenvalue weighted by Gasteiger charge is -2.30. The SMILES string of the molecule is CC[C@H](C)NC(=O)[C@H](C)N(Cc1cccc(OC)c1)C(=O)COc1ccccc1C(C)(C)C. The summed E-state index contributed by atoms with van der Waals surface area (Å²) in [5.41, 5.74) is 1.78.